The van der Waals surface area contributed by atoms with Crippen LogP contribution in [0.5, 0.6) is 0 Å². The summed E-state index contributed by atoms with van der Waals surface area (Å²) in [6, 6.07) is 29.8. The molecule has 5 rings (SSSR count). The van der Waals surface area contributed by atoms with Gasteiger partial charge in [0, 0.05) is 35.0 Å². The molecule has 0 aliphatic heterocycles. The van der Waals surface area contributed by atoms with Crippen molar-refractivity contribution >= 4 is 0 Å². The van der Waals surface area contributed by atoms with Gasteiger partial charge < -0.3 is 4.57 Å². The fourth-order valence-electron chi connectivity index (χ4n) is 4.40. The van der Waals surface area contributed by atoms with Gasteiger partial charge in [-0.05, 0) is 30.0 Å². The van der Waals surface area contributed by atoms with Gasteiger partial charge in [-0.25, -0.2) is 4.98 Å². The molecule has 1 aliphatic rings. The minimum atomic E-state index is 0.0517. The van der Waals surface area contributed by atoms with Gasteiger partial charge in [0.1, 0.15) is 5.82 Å². The predicted molar refractivity (Wildman–Crippen MR) is 129 cm³/mol. The lowest BCUT2D eigenvalue weighted by Crippen LogP contribution is -2.11. The number of allylic oxidation sites excluding steroid dienone is 4. The molecule has 1 aliphatic carbocycles. The maximum absolute atomic E-state index is 9.58. The van der Waals surface area contributed by atoms with E-state index in [1.165, 1.54) is 0 Å². The van der Waals surface area contributed by atoms with Gasteiger partial charge in [-0.2, -0.15) is 5.26 Å². The molecule has 1 aromatic heterocycles. The topological polar surface area (TPSA) is 41.6 Å². The number of hydrogen-bond acceptors (Lipinski definition) is 2. The third-order valence-electron chi connectivity index (χ3n) is 6.06. The van der Waals surface area contributed by atoms with Crippen LogP contribution in [-0.4, -0.2) is 9.55 Å². The lowest BCUT2D eigenvalue weighted by Gasteiger charge is -2.22. The summed E-state index contributed by atoms with van der Waals surface area (Å²) in [4.78, 5) is 4.76. The number of nitrogens with zero attached hydrogens (tertiary/aromatic N) is 3. The highest BCUT2D eigenvalue weighted by Gasteiger charge is 2.23. The molecule has 3 nitrogen and oxygen atoms in total. The summed E-state index contributed by atoms with van der Waals surface area (Å²) in [6.45, 7) is 2.00. The lowest BCUT2D eigenvalue weighted by atomic mass is 9.89. The first kappa shape index (κ1) is 19.8. The van der Waals surface area contributed by atoms with Crippen LogP contribution in [0.2, 0.25) is 0 Å². The molecule has 0 saturated heterocycles. The van der Waals surface area contributed by atoms with E-state index in [0.29, 0.717) is 6.42 Å². The number of nitriles is 1. The Morgan fingerprint density at radius 2 is 1.50 bits per heavy atom. The highest BCUT2D eigenvalue weighted by Crippen LogP contribution is 2.38. The number of para-hydroxylation sites is 1. The van der Waals surface area contributed by atoms with Crippen LogP contribution in [0.3, 0.4) is 0 Å². The molecule has 1 unspecified atom stereocenters. The first-order chi connectivity index (χ1) is 15.8. The Balaban J connectivity index is 1.72. The Morgan fingerprint density at radius 3 is 2.09 bits per heavy atom. The van der Waals surface area contributed by atoms with Crippen molar-refractivity contribution in [2.45, 2.75) is 19.3 Å². The van der Waals surface area contributed by atoms with Crippen molar-refractivity contribution in [3.63, 3.8) is 0 Å². The van der Waals surface area contributed by atoms with E-state index in [4.69, 9.17) is 4.98 Å². The number of aromatic nitrogens is 2. The average Bonchev–Trinajstić information content (AvgIpc) is 3.34. The van der Waals surface area contributed by atoms with Gasteiger partial charge in [-0.3, -0.25) is 0 Å². The van der Waals surface area contributed by atoms with Crippen LogP contribution in [0.4, 0.5) is 0 Å². The van der Waals surface area contributed by atoms with Crippen LogP contribution in [0.1, 0.15) is 25.1 Å². The van der Waals surface area contributed by atoms with E-state index in [2.05, 4.69) is 83.4 Å². The maximum atomic E-state index is 9.58. The van der Waals surface area contributed by atoms with Crippen molar-refractivity contribution in [2.75, 3.05) is 0 Å². The largest absolute Gasteiger partial charge is 0.302 e. The quantitative estimate of drug-likeness (QED) is 0.358. The van der Waals surface area contributed by atoms with Crippen molar-refractivity contribution in [3.8, 4) is 34.0 Å². The van der Waals surface area contributed by atoms with Crippen LogP contribution in [0.25, 0.3) is 27.9 Å². The summed E-state index contributed by atoms with van der Waals surface area (Å²) in [6.07, 6.45) is 8.78. The summed E-state index contributed by atoms with van der Waals surface area (Å²) in [5.74, 6) is 0.998. The smallest absolute Gasteiger partial charge is 0.120 e. The van der Waals surface area contributed by atoms with Crippen molar-refractivity contribution < 1.29 is 0 Å². The molecule has 0 saturated carbocycles. The van der Waals surface area contributed by atoms with Gasteiger partial charge >= 0.3 is 0 Å². The second-order valence-corrected chi connectivity index (χ2v) is 8.03. The number of rotatable bonds is 4. The van der Waals surface area contributed by atoms with Gasteiger partial charge in [0.2, 0.25) is 0 Å². The first-order valence-electron chi connectivity index (χ1n) is 10.8. The molecular formula is C29H23N3. The molecule has 3 aromatic carbocycles. The van der Waals surface area contributed by atoms with Crippen LogP contribution in [0.15, 0.2) is 115 Å². The molecule has 0 radical (unpaired) electrons. The number of hydrogen-bond donors (Lipinski definition) is 0. The van der Waals surface area contributed by atoms with E-state index in [0.717, 1.165) is 44.9 Å². The van der Waals surface area contributed by atoms with Gasteiger partial charge in [0.25, 0.3) is 0 Å². The number of benzene rings is 3. The summed E-state index contributed by atoms with van der Waals surface area (Å²) >= 11 is 0. The van der Waals surface area contributed by atoms with E-state index in [1.807, 2.05) is 37.5 Å². The number of imidazole rings is 1. The first-order valence-corrected chi connectivity index (χ1v) is 10.8. The molecule has 0 N–H and O–H groups in total. The van der Waals surface area contributed by atoms with Gasteiger partial charge in [0.15, 0.2) is 0 Å². The Morgan fingerprint density at radius 1 is 0.875 bits per heavy atom. The zero-order chi connectivity index (χ0) is 21.9. The Hall–Kier alpha value is -4.16. The molecule has 3 heteroatoms. The van der Waals surface area contributed by atoms with Crippen LogP contribution in [0, 0.1) is 11.3 Å². The monoisotopic (exact) mass is 413 g/mol. The molecule has 1 heterocycles. The van der Waals surface area contributed by atoms with E-state index >= 15 is 0 Å². The molecule has 32 heavy (non-hydrogen) atoms. The van der Waals surface area contributed by atoms with Crippen molar-refractivity contribution in [1.29, 1.82) is 5.26 Å². The van der Waals surface area contributed by atoms with E-state index in [1.54, 1.807) is 0 Å². The summed E-state index contributed by atoms with van der Waals surface area (Å²) in [5.41, 5.74) is 7.59. The minimum absolute atomic E-state index is 0.0517. The molecule has 0 spiro atoms. The van der Waals surface area contributed by atoms with Crippen molar-refractivity contribution in [2.24, 2.45) is 0 Å². The van der Waals surface area contributed by atoms with Gasteiger partial charge in [-0.15, -0.1) is 0 Å². The fraction of sp³-hybridized carbons (Fsp3) is 0.103. The Labute approximate surface area is 188 Å². The molecular weight excluding hydrogens is 390 g/mol. The highest BCUT2D eigenvalue weighted by atomic mass is 15.1. The molecule has 4 aromatic rings. The predicted octanol–water partition coefficient (Wildman–Crippen LogP) is 7.09. The maximum Gasteiger partial charge on any atom is 0.120 e. The summed E-state index contributed by atoms with van der Waals surface area (Å²) in [7, 11) is 0. The Kier molecular flexibility index (Phi) is 5.27. The second kappa shape index (κ2) is 8.53. The molecule has 154 valence electrons. The van der Waals surface area contributed by atoms with Crippen molar-refractivity contribution in [3.05, 3.63) is 120 Å². The van der Waals surface area contributed by atoms with E-state index in [-0.39, 0.29) is 5.92 Å². The average molecular weight is 414 g/mol. The minimum Gasteiger partial charge on any atom is -0.302 e. The second-order valence-electron chi connectivity index (χ2n) is 8.03. The Bertz CT molecular complexity index is 1290. The summed E-state index contributed by atoms with van der Waals surface area (Å²) in [5, 5.41) is 9.58. The molecule has 1 atom stereocenters. The fourth-order valence-corrected chi connectivity index (χ4v) is 4.40. The third kappa shape index (κ3) is 3.57. The zero-order valence-electron chi connectivity index (χ0n) is 17.9. The normalized spacial score (nSPS) is 15.6. The van der Waals surface area contributed by atoms with Gasteiger partial charge in [0.05, 0.1) is 11.8 Å². The zero-order valence-corrected chi connectivity index (χ0v) is 17.9. The van der Waals surface area contributed by atoms with Crippen LogP contribution >= 0.6 is 0 Å². The van der Waals surface area contributed by atoms with Gasteiger partial charge in [-0.1, -0.05) is 91.0 Å². The van der Waals surface area contributed by atoms with Crippen LogP contribution < -0.4 is 0 Å². The van der Waals surface area contributed by atoms with E-state index < -0.39 is 0 Å². The highest BCUT2D eigenvalue weighted by molar-refractivity contribution is 5.85. The molecule has 0 fully saturated rings. The SMILES string of the molecule is CC1=C(C#N)CC(c2nccn2-c2c(-c3ccccc3)cccc2-c2ccccc2)C=C1. The third-order valence-corrected chi connectivity index (χ3v) is 6.06. The molecule has 0 amide bonds. The summed E-state index contributed by atoms with van der Waals surface area (Å²) < 4.78 is 2.20. The van der Waals surface area contributed by atoms with E-state index in [9.17, 15) is 5.26 Å². The lowest BCUT2D eigenvalue weighted by molar-refractivity contribution is 0.734. The van der Waals surface area contributed by atoms with Crippen molar-refractivity contribution in [1.82, 2.24) is 9.55 Å². The molecule has 0 bridgehead atoms. The standard InChI is InChI=1S/C29H23N3/c1-21-15-16-24(19-25(21)20-30)29-31-17-18-32(29)28-26(22-9-4-2-5-10-22)13-8-14-27(28)23-11-6-3-7-12-23/h2-18,24H,19H2,1H3. The van der Waals surface area contributed by atoms with Crippen LogP contribution in [-0.2, 0) is 0 Å².